The number of nitrogens with one attached hydrogen (secondary N) is 2. The van der Waals surface area contributed by atoms with E-state index in [9.17, 15) is 14.0 Å². The van der Waals surface area contributed by atoms with E-state index in [-0.39, 0.29) is 23.7 Å². The topological polar surface area (TPSA) is 58.2 Å². The quantitative estimate of drug-likeness (QED) is 0.831. The zero-order chi connectivity index (χ0) is 13.1. The van der Waals surface area contributed by atoms with Crippen molar-refractivity contribution in [2.45, 2.75) is 25.4 Å². The fraction of sp³-hybridized carbons (Fsp3) is 0.333. The Balaban J connectivity index is 1.95. The zero-order valence-electron chi connectivity index (χ0n) is 9.50. The molecule has 2 N–H and O–H groups in total. The highest BCUT2D eigenvalue weighted by Gasteiger charge is 2.25. The average molecular weight is 315 g/mol. The molecule has 4 nitrogen and oxygen atoms in total. The van der Waals surface area contributed by atoms with Crippen LogP contribution < -0.4 is 10.6 Å². The maximum atomic E-state index is 12.9. The van der Waals surface area contributed by atoms with Gasteiger partial charge in [0.1, 0.15) is 5.82 Å². The molecule has 1 atom stereocenters. The van der Waals surface area contributed by atoms with Crippen LogP contribution in [0.3, 0.4) is 0 Å². The minimum Gasteiger partial charge on any atom is -0.302 e. The van der Waals surface area contributed by atoms with Gasteiger partial charge in [0.25, 0.3) is 0 Å². The van der Waals surface area contributed by atoms with Crippen molar-refractivity contribution in [1.82, 2.24) is 10.6 Å². The minimum absolute atomic E-state index is 0.235. The second-order valence-electron chi connectivity index (χ2n) is 4.12. The van der Waals surface area contributed by atoms with E-state index in [4.69, 9.17) is 0 Å². The summed E-state index contributed by atoms with van der Waals surface area (Å²) in [6.45, 7) is 0.438. The fourth-order valence-corrected chi connectivity index (χ4v) is 2.28. The maximum absolute atomic E-state index is 12.9. The van der Waals surface area contributed by atoms with Crippen molar-refractivity contribution in [3.63, 3.8) is 0 Å². The third-order valence-corrected chi connectivity index (χ3v) is 3.53. The Morgan fingerprint density at radius 1 is 1.44 bits per heavy atom. The Kier molecular flexibility index (Phi) is 4.08. The first-order valence-electron chi connectivity index (χ1n) is 5.57. The standard InChI is InChI=1S/C12H12BrFN2O2/c13-9-5-8(14)2-1-7(9)6-15-10-3-4-11(17)16-12(10)18/h1-2,5,10,15H,3-4,6H2,(H,16,17,18). The molecule has 1 fully saturated rings. The molecule has 0 radical (unpaired) electrons. The van der Waals surface area contributed by atoms with Crippen LogP contribution in [0.25, 0.3) is 0 Å². The SMILES string of the molecule is O=C1CCC(NCc2ccc(F)cc2Br)C(=O)N1. The van der Waals surface area contributed by atoms with Crippen LogP contribution in [0.5, 0.6) is 0 Å². The molecule has 0 aromatic heterocycles. The number of halogens is 2. The average Bonchev–Trinajstić information content (AvgIpc) is 2.30. The van der Waals surface area contributed by atoms with Gasteiger partial charge in [-0.3, -0.25) is 14.9 Å². The van der Waals surface area contributed by atoms with Gasteiger partial charge in [-0.2, -0.15) is 0 Å². The first kappa shape index (κ1) is 13.2. The van der Waals surface area contributed by atoms with E-state index in [2.05, 4.69) is 26.6 Å². The Labute approximate surface area is 112 Å². The molecule has 1 saturated heterocycles. The van der Waals surface area contributed by atoms with Gasteiger partial charge in [-0.1, -0.05) is 22.0 Å². The number of benzene rings is 1. The molecule has 1 unspecified atom stereocenters. The van der Waals surface area contributed by atoms with Crippen molar-refractivity contribution in [3.8, 4) is 0 Å². The van der Waals surface area contributed by atoms with Crippen LogP contribution >= 0.6 is 15.9 Å². The van der Waals surface area contributed by atoms with Gasteiger partial charge < -0.3 is 5.32 Å². The Bertz CT molecular complexity index is 493. The van der Waals surface area contributed by atoms with Crippen LogP contribution in [-0.4, -0.2) is 17.9 Å². The number of carbonyl (C=O) groups excluding carboxylic acids is 2. The summed E-state index contributed by atoms with van der Waals surface area (Å²) in [6.07, 6.45) is 0.831. The Morgan fingerprint density at radius 3 is 2.89 bits per heavy atom. The van der Waals surface area contributed by atoms with Gasteiger partial charge >= 0.3 is 0 Å². The predicted molar refractivity (Wildman–Crippen MR) is 67.1 cm³/mol. The lowest BCUT2D eigenvalue weighted by Crippen LogP contribution is -2.50. The second-order valence-corrected chi connectivity index (χ2v) is 4.97. The molecule has 96 valence electrons. The van der Waals surface area contributed by atoms with Crippen LogP contribution in [0, 0.1) is 5.82 Å². The Hall–Kier alpha value is -1.27. The first-order chi connectivity index (χ1) is 8.56. The van der Waals surface area contributed by atoms with Crippen molar-refractivity contribution >= 4 is 27.7 Å². The van der Waals surface area contributed by atoms with Gasteiger partial charge in [0.15, 0.2) is 0 Å². The van der Waals surface area contributed by atoms with Gasteiger partial charge in [-0.15, -0.1) is 0 Å². The first-order valence-corrected chi connectivity index (χ1v) is 6.36. The minimum atomic E-state index is -0.375. The summed E-state index contributed by atoms with van der Waals surface area (Å²) in [5.74, 6) is -0.850. The van der Waals surface area contributed by atoms with Crippen molar-refractivity contribution in [2.24, 2.45) is 0 Å². The zero-order valence-corrected chi connectivity index (χ0v) is 11.1. The molecule has 1 heterocycles. The third-order valence-electron chi connectivity index (χ3n) is 2.79. The number of imide groups is 1. The van der Waals surface area contributed by atoms with E-state index in [1.165, 1.54) is 12.1 Å². The summed E-state index contributed by atoms with van der Waals surface area (Å²) in [4.78, 5) is 22.5. The van der Waals surface area contributed by atoms with Crippen LogP contribution in [0.15, 0.2) is 22.7 Å². The smallest absolute Gasteiger partial charge is 0.243 e. The van der Waals surface area contributed by atoms with Crippen LogP contribution in [-0.2, 0) is 16.1 Å². The number of hydrogen-bond donors (Lipinski definition) is 2. The van der Waals surface area contributed by atoms with Crippen LogP contribution in [0.1, 0.15) is 18.4 Å². The fourth-order valence-electron chi connectivity index (χ4n) is 1.79. The molecule has 0 bridgehead atoms. The van der Waals surface area contributed by atoms with Gasteiger partial charge in [0.2, 0.25) is 11.8 Å². The second kappa shape index (κ2) is 5.58. The number of amides is 2. The van der Waals surface area contributed by atoms with E-state index in [1.807, 2.05) is 0 Å². The molecule has 1 aromatic rings. The normalized spacial score (nSPS) is 19.8. The van der Waals surface area contributed by atoms with Gasteiger partial charge in [0.05, 0.1) is 6.04 Å². The van der Waals surface area contributed by atoms with E-state index < -0.39 is 0 Å². The lowest BCUT2D eigenvalue weighted by molar-refractivity contribution is -0.134. The van der Waals surface area contributed by atoms with Crippen LogP contribution in [0.4, 0.5) is 4.39 Å². The van der Waals surface area contributed by atoms with E-state index in [0.717, 1.165) is 5.56 Å². The Morgan fingerprint density at radius 2 is 2.22 bits per heavy atom. The van der Waals surface area contributed by atoms with Gasteiger partial charge in [-0.25, -0.2) is 4.39 Å². The predicted octanol–water partition coefficient (Wildman–Crippen LogP) is 1.48. The number of rotatable bonds is 3. The molecular weight excluding hydrogens is 303 g/mol. The molecule has 0 spiro atoms. The molecule has 1 aliphatic rings. The summed E-state index contributed by atoms with van der Waals surface area (Å²) in [5.41, 5.74) is 0.862. The molecular formula is C12H12BrFN2O2. The molecule has 0 aliphatic carbocycles. The van der Waals surface area contributed by atoms with E-state index in [0.29, 0.717) is 23.9 Å². The van der Waals surface area contributed by atoms with Crippen molar-refractivity contribution < 1.29 is 14.0 Å². The highest BCUT2D eigenvalue weighted by Crippen LogP contribution is 2.18. The molecule has 18 heavy (non-hydrogen) atoms. The highest BCUT2D eigenvalue weighted by molar-refractivity contribution is 9.10. The highest BCUT2D eigenvalue weighted by atomic mass is 79.9. The lowest BCUT2D eigenvalue weighted by Gasteiger charge is -2.22. The van der Waals surface area contributed by atoms with Crippen molar-refractivity contribution in [1.29, 1.82) is 0 Å². The summed E-state index contributed by atoms with van der Waals surface area (Å²) in [5, 5.41) is 5.33. The van der Waals surface area contributed by atoms with Gasteiger partial charge in [-0.05, 0) is 24.1 Å². The molecule has 0 saturated carbocycles. The van der Waals surface area contributed by atoms with Crippen molar-refractivity contribution in [3.05, 3.63) is 34.1 Å². The van der Waals surface area contributed by atoms with Crippen molar-refractivity contribution in [2.75, 3.05) is 0 Å². The monoisotopic (exact) mass is 314 g/mol. The van der Waals surface area contributed by atoms with Crippen LogP contribution in [0.2, 0.25) is 0 Å². The largest absolute Gasteiger partial charge is 0.302 e. The van der Waals surface area contributed by atoms with Gasteiger partial charge in [0, 0.05) is 17.4 Å². The summed E-state index contributed by atoms with van der Waals surface area (Å²) in [6, 6.07) is 4.02. The summed E-state index contributed by atoms with van der Waals surface area (Å²) in [7, 11) is 0. The number of carbonyl (C=O) groups is 2. The number of piperidine rings is 1. The molecule has 2 rings (SSSR count). The molecule has 2 amide bonds. The lowest BCUT2D eigenvalue weighted by atomic mass is 10.1. The number of hydrogen-bond acceptors (Lipinski definition) is 3. The van der Waals surface area contributed by atoms with E-state index in [1.54, 1.807) is 6.07 Å². The maximum Gasteiger partial charge on any atom is 0.243 e. The molecule has 6 heteroatoms. The third kappa shape index (κ3) is 3.14. The molecule has 1 aromatic carbocycles. The van der Waals surface area contributed by atoms with E-state index >= 15 is 0 Å². The summed E-state index contributed by atoms with van der Waals surface area (Å²) < 4.78 is 13.6. The summed E-state index contributed by atoms with van der Waals surface area (Å²) >= 11 is 3.26. The molecule has 1 aliphatic heterocycles.